The molecule has 0 spiro atoms. The van der Waals surface area contributed by atoms with Gasteiger partial charge >= 0.3 is 12.2 Å². The normalized spacial score (nSPS) is 13.5. The lowest BCUT2D eigenvalue weighted by Gasteiger charge is -2.33. The highest BCUT2D eigenvalue weighted by Crippen LogP contribution is 2.30. The summed E-state index contributed by atoms with van der Waals surface area (Å²) in [6.07, 6.45) is -2.74. The van der Waals surface area contributed by atoms with Crippen molar-refractivity contribution < 1.29 is 46.8 Å². The predicted octanol–water partition coefficient (Wildman–Crippen LogP) is 6.78. The molecule has 2 rings (SSSR count). The highest BCUT2D eigenvalue weighted by molar-refractivity contribution is 7.89. The minimum absolute atomic E-state index is 0.0827. The maximum atomic E-state index is 14.4. The molecule has 0 aliphatic rings. The third-order valence-corrected chi connectivity index (χ3v) is 12.9. The first-order valence-corrected chi connectivity index (χ1v) is 26.1. The molecule has 2 aromatic carbocycles. The molecule has 16 heteroatoms. The van der Waals surface area contributed by atoms with E-state index in [9.17, 15) is 23.1 Å². The zero-order valence-electron chi connectivity index (χ0n) is 31.7. The second kappa shape index (κ2) is 20.9. The number of nitrogens with one attached hydrogen (secondary N) is 2. The molecule has 0 heterocycles. The zero-order chi connectivity index (χ0) is 38.2. The molecule has 0 saturated heterocycles. The molecule has 0 aliphatic carbocycles. The van der Waals surface area contributed by atoms with E-state index in [0.717, 1.165) is 17.7 Å². The van der Waals surface area contributed by atoms with Gasteiger partial charge in [0.1, 0.15) is 12.5 Å². The first-order chi connectivity index (χ1) is 23.8. The molecule has 0 aromatic heterocycles. The summed E-state index contributed by atoms with van der Waals surface area (Å²) in [5.74, 6) is 0.102. The Morgan fingerprint density at radius 3 is 2.04 bits per heavy atom. The molecule has 2 amide bonds. The quantitative estimate of drug-likeness (QED) is 0.0624. The Kier molecular flexibility index (Phi) is 18.1. The summed E-state index contributed by atoms with van der Waals surface area (Å²) in [5.41, 5.74) is 0.931. The Balaban J connectivity index is 2.46. The predicted molar refractivity (Wildman–Crippen MR) is 205 cm³/mol. The lowest BCUT2D eigenvalue weighted by Crippen LogP contribution is -2.52. The molecule has 0 fully saturated rings. The number of amides is 2. The molecular formula is C35H59N3O10SSi2. The fraction of sp³-hybridized carbons (Fsp3) is 0.600. The summed E-state index contributed by atoms with van der Waals surface area (Å²) in [6, 6.07) is 14.5. The number of anilines is 1. The molecule has 2 atom stereocenters. The smallest absolute Gasteiger partial charge is 0.411 e. The molecule has 0 saturated carbocycles. The molecule has 0 unspecified atom stereocenters. The summed E-state index contributed by atoms with van der Waals surface area (Å²) < 4.78 is 58.3. The largest absolute Gasteiger partial charge is 0.465 e. The van der Waals surface area contributed by atoms with Crippen molar-refractivity contribution in [1.29, 1.82) is 0 Å². The SMILES string of the molecule is COC(=O)Nc1cc(S(=O)(=O)N(CC(C)C)C[C@@H](OCOCC[Si](C)(C)C)[C@H](Cc2ccccc2)NC(=O)O)ccc1OCOCC[Si](C)(C)C. The average molecular weight is 770 g/mol. The van der Waals surface area contributed by atoms with Gasteiger partial charge in [-0.15, -0.1) is 0 Å². The van der Waals surface area contributed by atoms with E-state index in [1.165, 1.54) is 29.6 Å². The summed E-state index contributed by atoms with van der Waals surface area (Å²) >= 11 is 0. The van der Waals surface area contributed by atoms with Gasteiger partial charge in [-0.2, -0.15) is 4.31 Å². The molecule has 0 aliphatic heterocycles. The van der Waals surface area contributed by atoms with Gasteiger partial charge in [0.05, 0.1) is 29.8 Å². The van der Waals surface area contributed by atoms with Crippen LogP contribution < -0.4 is 15.4 Å². The Bertz CT molecular complexity index is 1470. The lowest BCUT2D eigenvalue weighted by atomic mass is 10.0. The first-order valence-electron chi connectivity index (χ1n) is 17.2. The molecule has 51 heavy (non-hydrogen) atoms. The van der Waals surface area contributed by atoms with Crippen molar-refractivity contribution in [3.63, 3.8) is 0 Å². The van der Waals surface area contributed by atoms with E-state index in [1.54, 1.807) is 0 Å². The van der Waals surface area contributed by atoms with Crippen LogP contribution >= 0.6 is 0 Å². The number of rotatable bonds is 23. The topological polar surface area (TPSA) is 162 Å². The van der Waals surface area contributed by atoms with Gasteiger partial charge in [-0.3, -0.25) is 5.32 Å². The highest BCUT2D eigenvalue weighted by atomic mass is 32.2. The van der Waals surface area contributed by atoms with E-state index in [1.807, 2.05) is 44.2 Å². The van der Waals surface area contributed by atoms with Crippen LogP contribution in [0.3, 0.4) is 0 Å². The second-order valence-electron chi connectivity index (χ2n) is 15.3. The number of carboxylic acid groups (broad SMARTS) is 1. The van der Waals surface area contributed by atoms with Crippen LogP contribution in [0.5, 0.6) is 5.75 Å². The van der Waals surface area contributed by atoms with Crippen LogP contribution in [0.25, 0.3) is 0 Å². The van der Waals surface area contributed by atoms with Crippen LogP contribution in [0.4, 0.5) is 15.3 Å². The summed E-state index contributed by atoms with van der Waals surface area (Å²) in [5, 5.41) is 14.9. The maximum Gasteiger partial charge on any atom is 0.411 e. The third kappa shape index (κ3) is 17.4. The summed E-state index contributed by atoms with van der Waals surface area (Å²) in [4.78, 5) is 24.2. The molecule has 3 N–H and O–H groups in total. The van der Waals surface area contributed by atoms with Gasteiger partial charge in [0, 0.05) is 42.5 Å². The van der Waals surface area contributed by atoms with Crippen molar-refractivity contribution in [3.8, 4) is 5.75 Å². The standard InChI is InChI=1S/C35H59N3O10SSi2/c1-27(2)23-38(24-33(48-26-46-18-20-51(7,8)9)30(36-34(39)40)21-28-13-11-10-12-14-28)49(42,43)29-15-16-32(31(22-29)37-35(41)44-3)47-25-45-17-19-50(4,5)6/h10-16,22,27,30,33,36H,17-21,23-26H2,1-9H3,(H,37,41)(H,39,40)/t30-,33+/m0/s1. The minimum atomic E-state index is -4.24. The van der Waals surface area contributed by atoms with Crippen LogP contribution in [0.15, 0.2) is 53.4 Å². The van der Waals surface area contributed by atoms with Gasteiger partial charge < -0.3 is 34.1 Å². The number of hydrogen-bond donors (Lipinski definition) is 3. The summed E-state index contributed by atoms with van der Waals surface area (Å²) in [7, 11) is -5.74. The van der Waals surface area contributed by atoms with Gasteiger partial charge in [0.25, 0.3) is 0 Å². The van der Waals surface area contributed by atoms with Gasteiger partial charge in [0.15, 0.2) is 6.79 Å². The second-order valence-corrected chi connectivity index (χ2v) is 28.4. The van der Waals surface area contributed by atoms with E-state index in [4.69, 9.17) is 23.7 Å². The molecule has 2 aromatic rings. The van der Waals surface area contributed by atoms with E-state index in [2.05, 4.69) is 49.9 Å². The van der Waals surface area contributed by atoms with E-state index < -0.39 is 50.5 Å². The third-order valence-electron chi connectivity index (χ3n) is 7.68. The number of sulfonamides is 1. The Morgan fingerprint density at radius 2 is 1.49 bits per heavy atom. The molecule has 288 valence electrons. The van der Waals surface area contributed by atoms with E-state index in [-0.39, 0.29) is 55.3 Å². The van der Waals surface area contributed by atoms with Crippen LogP contribution in [-0.4, -0.2) is 105 Å². The fourth-order valence-electron chi connectivity index (χ4n) is 4.80. The average Bonchev–Trinajstić information content (AvgIpc) is 3.02. The minimum Gasteiger partial charge on any atom is -0.465 e. The zero-order valence-corrected chi connectivity index (χ0v) is 34.5. The van der Waals surface area contributed by atoms with E-state index >= 15 is 0 Å². The Morgan fingerprint density at radius 1 is 0.882 bits per heavy atom. The van der Waals surface area contributed by atoms with Gasteiger partial charge in [-0.05, 0) is 48.2 Å². The van der Waals surface area contributed by atoms with Crippen molar-refractivity contribution in [3.05, 3.63) is 54.1 Å². The van der Waals surface area contributed by atoms with Gasteiger partial charge in [-0.25, -0.2) is 18.0 Å². The Hall–Kier alpha value is -3.00. The van der Waals surface area contributed by atoms with Crippen molar-refractivity contribution >= 4 is 44.0 Å². The molecular weight excluding hydrogens is 711 g/mol. The van der Waals surface area contributed by atoms with Gasteiger partial charge in [-0.1, -0.05) is 83.5 Å². The highest BCUT2D eigenvalue weighted by Gasteiger charge is 2.34. The van der Waals surface area contributed by atoms with Crippen LogP contribution in [0, 0.1) is 5.92 Å². The molecule has 13 nitrogen and oxygen atoms in total. The van der Waals surface area contributed by atoms with Crippen LogP contribution in [-0.2, 0) is 35.4 Å². The number of benzene rings is 2. The fourth-order valence-corrected chi connectivity index (χ4v) is 7.95. The van der Waals surface area contributed by atoms with Crippen molar-refractivity contribution in [2.24, 2.45) is 5.92 Å². The first kappa shape index (κ1) is 44.2. The number of methoxy groups -OCH3 is 1. The van der Waals surface area contributed by atoms with Crippen molar-refractivity contribution in [2.75, 3.05) is 52.3 Å². The lowest BCUT2D eigenvalue weighted by molar-refractivity contribution is -0.0993. The van der Waals surface area contributed by atoms with Crippen LogP contribution in [0.2, 0.25) is 51.4 Å². The number of hydrogen-bond acceptors (Lipinski definition) is 9. The van der Waals surface area contributed by atoms with E-state index in [0.29, 0.717) is 13.2 Å². The number of carbonyl (C=O) groups is 2. The molecule has 0 radical (unpaired) electrons. The number of nitrogens with zero attached hydrogens (tertiary/aromatic N) is 1. The van der Waals surface area contributed by atoms with Crippen molar-refractivity contribution in [1.82, 2.24) is 9.62 Å². The monoisotopic (exact) mass is 769 g/mol. The summed E-state index contributed by atoms with van der Waals surface area (Å²) in [6.45, 7) is 17.9. The van der Waals surface area contributed by atoms with Gasteiger partial charge in [0.2, 0.25) is 10.0 Å². The Labute approximate surface area is 306 Å². The maximum absolute atomic E-state index is 14.4. The van der Waals surface area contributed by atoms with Crippen molar-refractivity contribution in [2.45, 2.75) is 88.7 Å². The number of ether oxygens (including phenoxy) is 5. The number of carbonyl (C=O) groups excluding carboxylic acids is 1. The van der Waals surface area contributed by atoms with Crippen LogP contribution in [0.1, 0.15) is 19.4 Å². The molecule has 0 bridgehead atoms.